The summed E-state index contributed by atoms with van der Waals surface area (Å²) in [4.78, 5) is 0. The molecule has 4 atom stereocenters. The first-order valence-electron chi connectivity index (χ1n) is 10.9. The van der Waals surface area contributed by atoms with Crippen molar-refractivity contribution >= 4 is 0 Å². The maximum atomic E-state index is 6.41. The maximum Gasteiger partial charge on any atom is 0.115 e. The van der Waals surface area contributed by atoms with Gasteiger partial charge in [-0.25, -0.2) is 0 Å². The molecule has 1 aliphatic rings. The molecule has 0 radical (unpaired) electrons. The van der Waals surface area contributed by atoms with Gasteiger partial charge >= 0.3 is 0 Å². The Hall–Kier alpha value is -2.50. The second kappa shape index (κ2) is 11.2. The first-order chi connectivity index (χ1) is 15.3. The molecule has 1 heterocycles. The first kappa shape index (κ1) is 21.7. The van der Waals surface area contributed by atoms with Crippen LogP contribution in [-0.2, 0) is 38.8 Å². The van der Waals surface area contributed by atoms with Crippen LogP contribution in [0, 0.1) is 0 Å². The average molecular weight is 419 g/mol. The quantitative estimate of drug-likeness (QED) is 0.481. The van der Waals surface area contributed by atoms with Crippen LogP contribution >= 0.6 is 0 Å². The van der Waals surface area contributed by atoms with E-state index in [1.165, 1.54) is 0 Å². The summed E-state index contributed by atoms with van der Waals surface area (Å²) in [6, 6.07) is 30.6. The van der Waals surface area contributed by atoms with E-state index in [2.05, 4.69) is 36.4 Å². The second-order valence-corrected chi connectivity index (χ2v) is 7.90. The lowest BCUT2D eigenvalue weighted by Crippen LogP contribution is -2.55. The zero-order valence-corrected chi connectivity index (χ0v) is 17.9. The summed E-state index contributed by atoms with van der Waals surface area (Å²) in [5.74, 6) is 0. The molecule has 0 amide bonds. The summed E-state index contributed by atoms with van der Waals surface area (Å²) in [6.07, 6.45) is -0.739. The monoisotopic (exact) mass is 418 g/mol. The smallest absolute Gasteiger partial charge is 0.115 e. The molecule has 4 rings (SSSR count). The van der Waals surface area contributed by atoms with Crippen molar-refractivity contribution in [2.75, 3.05) is 6.61 Å². The molecule has 162 valence electrons. The second-order valence-electron chi connectivity index (χ2n) is 7.90. The molecular weight excluding hydrogens is 388 g/mol. The lowest BCUT2D eigenvalue weighted by molar-refractivity contribution is -0.234. The van der Waals surface area contributed by atoms with Gasteiger partial charge in [-0.3, -0.25) is 0 Å². The molecule has 3 aromatic rings. The van der Waals surface area contributed by atoms with E-state index in [9.17, 15) is 0 Å². The van der Waals surface area contributed by atoms with Gasteiger partial charge in [0.25, 0.3) is 0 Å². The van der Waals surface area contributed by atoms with E-state index in [0.29, 0.717) is 26.4 Å². The molecule has 1 saturated heterocycles. The number of ether oxygens (including phenoxy) is 4. The van der Waals surface area contributed by atoms with Gasteiger partial charge in [-0.2, -0.15) is 0 Å². The zero-order chi connectivity index (χ0) is 21.3. The van der Waals surface area contributed by atoms with Gasteiger partial charge in [-0.1, -0.05) is 91.0 Å². The van der Waals surface area contributed by atoms with Crippen LogP contribution in [-0.4, -0.2) is 31.0 Å². The maximum absolute atomic E-state index is 6.41. The van der Waals surface area contributed by atoms with Crippen molar-refractivity contribution in [1.82, 2.24) is 0 Å². The molecule has 3 aromatic carbocycles. The third-order valence-corrected chi connectivity index (χ3v) is 5.55. The molecule has 0 aromatic heterocycles. The molecule has 4 heteroatoms. The Morgan fingerprint density at radius 3 is 1.52 bits per heavy atom. The lowest BCUT2D eigenvalue weighted by Gasteiger charge is -2.41. The molecule has 0 aliphatic carbocycles. The van der Waals surface area contributed by atoms with Crippen LogP contribution < -0.4 is 0 Å². The predicted octanol–water partition coefficient (Wildman–Crippen LogP) is 5.16. The molecular formula is C27H30O4. The standard InChI is InChI=1S/C27H30O4/c1-21-26(30-18-23-13-7-3-8-14-23)27(31-19-24-15-9-4-10-16-24)25(20-28-21)29-17-22-11-5-2-6-12-22/h2-16,21,25-27H,17-20H2,1H3/t21-,25+,26+,27-/m1/s1. The molecule has 0 bridgehead atoms. The highest BCUT2D eigenvalue weighted by molar-refractivity contribution is 5.15. The van der Waals surface area contributed by atoms with Crippen LogP contribution in [0.3, 0.4) is 0 Å². The third-order valence-electron chi connectivity index (χ3n) is 5.55. The van der Waals surface area contributed by atoms with Crippen molar-refractivity contribution in [2.45, 2.75) is 51.2 Å². The van der Waals surface area contributed by atoms with Gasteiger partial charge in [0.15, 0.2) is 0 Å². The molecule has 1 fully saturated rings. The van der Waals surface area contributed by atoms with Crippen molar-refractivity contribution in [3.8, 4) is 0 Å². The van der Waals surface area contributed by atoms with Gasteiger partial charge in [-0.15, -0.1) is 0 Å². The summed E-state index contributed by atoms with van der Waals surface area (Å²) < 4.78 is 25.0. The van der Waals surface area contributed by atoms with Crippen molar-refractivity contribution in [3.05, 3.63) is 108 Å². The lowest BCUT2D eigenvalue weighted by atomic mass is 10.00. The highest BCUT2D eigenvalue weighted by Crippen LogP contribution is 2.26. The average Bonchev–Trinajstić information content (AvgIpc) is 2.83. The summed E-state index contributed by atoms with van der Waals surface area (Å²) in [7, 11) is 0. The van der Waals surface area contributed by atoms with E-state index in [0.717, 1.165) is 16.7 Å². The van der Waals surface area contributed by atoms with Gasteiger partial charge in [0, 0.05) is 0 Å². The topological polar surface area (TPSA) is 36.9 Å². The summed E-state index contributed by atoms with van der Waals surface area (Å²) in [5.41, 5.74) is 3.39. The fraction of sp³-hybridized carbons (Fsp3) is 0.333. The summed E-state index contributed by atoms with van der Waals surface area (Å²) in [5, 5.41) is 0. The molecule has 0 unspecified atom stereocenters. The van der Waals surface area contributed by atoms with Crippen LogP contribution in [0.15, 0.2) is 91.0 Å². The van der Waals surface area contributed by atoms with Gasteiger partial charge in [0.2, 0.25) is 0 Å². The predicted molar refractivity (Wildman–Crippen MR) is 120 cm³/mol. The van der Waals surface area contributed by atoms with Crippen LogP contribution in [0.5, 0.6) is 0 Å². The Balaban J connectivity index is 1.46. The normalized spacial score (nSPS) is 23.5. The van der Waals surface area contributed by atoms with Crippen LogP contribution in [0.2, 0.25) is 0 Å². The zero-order valence-electron chi connectivity index (χ0n) is 17.9. The van der Waals surface area contributed by atoms with Crippen molar-refractivity contribution in [3.63, 3.8) is 0 Å². The van der Waals surface area contributed by atoms with Crippen molar-refractivity contribution < 1.29 is 18.9 Å². The first-order valence-corrected chi connectivity index (χ1v) is 10.9. The summed E-state index contributed by atoms with van der Waals surface area (Å²) >= 11 is 0. The fourth-order valence-corrected chi connectivity index (χ4v) is 3.80. The van der Waals surface area contributed by atoms with E-state index in [1.807, 2.05) is 61.5 Å². The van der Waals surface area contributed by atoms with Gasteiger partial charge < -0.3 is 18.9 Å². The number of rotatable bonds is 9. The molecule has 4 nitrogen and oxygen atoms in total. The minimum absolute atomic E-state index is 0.0824. The van der Waals surface area contributed by atoms with E-state index < -0.39 is 0 Å². The Bertz CT molecular complexity index is 885. The Morgan fingerprint density at radius 2 is 1.03 bits per heavy atom. The van der Waals surface area contributed by atoms with Crippen molar-refractivity contribution in [1.29, 1.82) is 0 Å². The fourth-order valence-electron chi connectivity index (χ4n) is 3.80. The van der Waals surface area contributed by atoms with Gasteiger partial charge in [-0.05, 0) is 23.6 Å². The van der Waals surface area contributed by atoms with Crippen LogP contribution in [0.1, 0.15) is 23.6 Å². The van der Waals surface area contributed by atoms with Crippen molar-refractivity contribution in [2.24, 2.45) is 0 Å². The minimum Gasteiger partial charge on any atom is -0.373 e. The Labute approximate surface area is 184 Å². The SMILES string of the molecule is C[C@H]1OC[C@H](OCc2ccccc2)[C@@H](OCc2ccccc2)[C@H]1OCc1ccccc1. The Kier molecular flexibility index (Phi) is 7.86. The van der Waals surface area contributed by atoms with E-state index in [4.69, 9.17) is 18.9 Å². The molecule has 1 aliphatic heterocycles. The van der Waals surface area contributed by atoms with Crippen LogP contribution in [0.4, 0.5) is 0 Å². The Morgan fingerprint density at radius 1 is 0.613 bits per heavy atom. The summed E-state index contributed by atoms with van der Waals surface area (Å²) in [6.45, 7) is 4.06. The molecule has 0 N–H and O–H groups in total. The van der Waals surface area contributed by atoms with E-state index in [1.54, 1.807) is 0 Å². The molecule has 31 heavy (non-hydrogen) atoms. The van der Waals surface area contributed by atoms with Gasteiger partial charge in [0.05, 0.1) is 32.5 Å². The molecule has 0 spiro atoms. The number of hydrogen-bond acceptors (Lipinski definition) is 4. The van der Waals surface area contributed by atoms with Crippen LogP contribution in [0.25, 0.3) is 0 Å². The largest absolute Gasteiger partial charge is 0.373 e. The van der Waals surface area contributed by atoms with Gasteiger partial charge in [0.1, 0.15) is 18.3 Å². The minimum atomic E-state index is -0.226. The third kappa shape index (κ3) is 6.25. The molecule has 0 saturated carbocycles. The number of benzene rings is 3. The highest BCUT2D eigenvalue weighted by Gasteiger charge is 2.41. The van der Waals surface area contributed by atoms with E-state index in [-0.39, 0.29) is 24.4 Å². The van der Waals surface area contributed by atoms with E-state index >= 15 is 0 Å². The highest BCUT2D eigenvalue weighted by atomic mass is 16.6. The number of hydrogen-bond donors (Lipinski definition) is 0.